The van der Waals surface area contributed by atoms with E-state index in [4.69, 9.17) is 28.9 Å². The lowest BCUT2D eigenvalue weighted by Gasteiger charge is -2.22. The normalized spacial score (nSPS) is 21.6. The fourth-order valence-electron chi connectivity index (χ4n) is 2.81. The fourth-order valence-corrected chi connectivity index (χ4v) is 3.34. The van der Waals surface area contributed by atoms with Gasteiger partial charge in [-0.15, -0.1) is 24.8 Å². The summed E-state index contributed by atoms with van der Waals surface area (Å²) in [4.78, 5) is 6.98. The highest BCUT2D eigenvalue weighted by Gasteiger charge is 2.32. The second-order valence-corrected chi connectivity index (χ2v) is 6.79. The van der Waals surface area contributed by atoms with Crippen LogP contribution in [0.4, 0.5) is 0 Å². The van der Waals surface area contributed by atoms with Gasteiger partial charge in [-0.3, -0.25) is 4.90 Å². The van der Waals surface area contributed by atoms with E-state index in [2.05, 4.69) is 16.8 Å². The molecular formula is C14H20Cl4N4. The second-order valence-electron chi connectivity index (χ2n) is 5.94. The maximum atomic E-state index is 6.16. The van der Waals surface area contributed by atoms with Gasteiger partial charge in [0, 0.05) is 25.5 Å². The number of pyridine rings is 1. The van der Waals surface area contributed by atoms with Crippen LogP contribution in [-0.2, 0) is 6.54 Å². The maximum absolute atomic E-state index is 6.16. The number of likely N-dealkylation sites (tertiary alicyclic amines) is 1. The molecule has 1 atom stereocenters. The van der Waals surface area contributed by atoms with Crippen LogP contribution in [-0.4, -0.2) is 33.9 Å². The second kappa shape index (κ2) is 7.56. The predicted octanol–water partition coefficient (Wildman–Crippen LogP) is 3.66. The van der Waals surface area contributed by atoms with E-state index in [1.165, 1.54) is 0 Å². The van der Waals surface area contributed by atoms with E-state index in [9.17, 15) is 0 Å². The van der Waals surface area contributed by atoms with Crippen molar-refractivity contribution < 1.29 is 0 Å². The van der Waals surface area contributed by atoms with Gasteiger partial charge in [0.2, 0.25) is 0 Å². The quantitative estimate of drug-likeness (QED) is 0.876. The SMILES string of the molecule is CC1(CN)CCN(Cc2cn3cc(Cl)cc(Cl)c3n2)C1.Cl.Cl. The molecule has 0 aliphatic carbocycles. The van der Waals surface area contributed by atoms with Crippen molar-refractivity contribution in [3.05, 3.63) is 34.2 Å². The molecule has 2 N–H and O–H groups in total. The average molecular weight is 386 g/mol. The topological polar surface area (TPSA) is 46.6 Å². The lowest BCUT2D eigenvalue weighted by atomic mass is 9.90. The molecule has 4 nitrogen and oxygen atoms in total. The number of halogens is 4. The van der Waals surface area contributed by atoms with E-state index >= 15 is 0 Å². The Bertz CT molecular complexity index is 645. The number of imidazole rings is 1. The Kier molecular flexibility index (Phi) is 6.81. The van der Waals surface area contributed by atoms with Gasteiger partial charge >= 0.3 is 0 Å². The first kappa shape index (κ1) is 19.8. The largest absolute Gasteiger partial charge is 0.330 e. The highest BCUT2D eigenvalue weighted by Crippen LogP contribution is 2.29. The van der Waals surface area contributed by atoms with Crippen LogP contribution in [0.25, 0.3) is 5.65 Å². The smallest absolute Gasteiger partial charge is 0.156 e. The molecule has 2 aromatic rings. The Labute approximate surface area is 152 Å². The summed E-state index contributed by atoms with van der Waals surface area (Å²) in [6, 6.07) is 1.72. The van der Waals surface area contributed by atoms with Crippen molar-refractivity contribution in [2.24, 2.45) is 11.1 Å². The van der Waals surface area contributed by atoms with Crippen molar-refractivity contribution in [1.82, 2.24) is 14.3 Å². The highest BCUT2D eigenvalue weighted by atomic mass is 35.5. The number of hydrogen-bond donors (Lipinski definition) is 1. The molecule has 3 rings (SSSR count). The van der Waals surface area contributed by atoms with Crippen molar-refractivity contribution in [1.29, 1.82) is 0 Å². The van der Waals surface area contributed by atoms with Gasteiger partial charge < -0.3 is 10.1 Å². The molecule has 0 aromatic carbocycles. The van der Waals surface area contributed by atoms with Crippen LogP contribution in [0.2, 0.25) is 10.0 Å². The maximum Gasteiger partial charge on any atom is 0.156 e. The Morgan fingerprint density at radius 1 is 1.32 bits per heavy atom. The summed E-state index contributed by atoms with van der Waals surface area (Å²) in [5, 5.41) is 1.19. The Hall–Kier alpha value is -0.230. The third-order valence-electron chi connectivity index (χ3n) is 4.04. The summed E-state index contributed by atoms with van der Waals surface area (Å²) in [5.41, 5.74) is 7.85. The summed E-state index contributed by atoms with van der Waals surface area (Å²) in [5.74, 6) is 0. The first-order valence-corrected chi connectivity index (χ1v) is 7.50. The van der Waals surface area contributed by atoms with Crippen LogP contribution < -0.4 is 5.73 Å². The number of rotatable bonds is 3. The molecule has 1 saturated heterocycles. The molecule has 0 spiro atoms. The van der Waals surface area contributed by atoms with Crippen LogP contribution in [0.5, 0.6) is 0 Å². The van der Waals surface area contributed by atoms with Gasteiger partial charge in [0.15, 0.2) is 5.65 Å². The zero-order valence-electron chi connectivity index (χ0n) is 12.3. The minimum absolute atomic E-state index is 0. The van der Waals surface area contributed by atoms with Gasteiger partial charge in [-0.2, -0.15) is 0 Å². The number of aromatic nitrogens is 2. The van der Waals surface area contributed by atoms with Crippen molar-refractivity contribution >= 4 is 53.7 Å². The zero-order valence-corrected chi connectivity index (χ0v) is 15.4. The summed E-state index contributed by atoms with van der Waals surface area (Å²) < 4.78 is 1.89. The van der Waals surface area contributed by atoms with Gasteiger partial charge in [0.1, 0.15) is 0 Å². The van der Waals surface area contributed by atoms with Crippen LogP contribution in [0.1, 0.15) is 19.0 Å². The molecule has 22 heavy (non-hydrogen) atoms. The zero-order chi connectivity index (χ0) is 14.3. The summed E-state index contributed by atoms with van der Waals surface area (Å²) in [7, 11) is 0. The third kappa shape index (κ3) is 3.99. The molecule has 0 amide bonds. The number of fused-ring (bicyclic) bond motifs is 1. The molecule has 3 heterocycles. The molecule has 0 bridgehead atoms. The lowest BCUT2D eigenvalue weighted by Crippen LogP contribution is -2.31. The molecule has 0 radical (unpaired) electrons. The van der Waals surface area contributed by atoms with Crippen LogP contribution in [0, 0.1) is 5.41 Å². The Morgan fingerprint density at radius 2 is 2.05 bits per heavy atom. The van der Waals surface area contributed by atoms with E-state index in [1.54, 1.807) is 6.07 Å². The molecule has 2 aromatic heterocycles. The van der Waals surface area contributed by atoms with Gasteiger partial charge in [0.25, 0.3) is 0 Å². The number of nitrogens with zero attached hydrogens (tertiary/aromatic N) is 3. The minimum atomic E-state index is 0. The van der Waals surface area contributed by atoms with E-state index in [0.29, 0.717) is 10.0 Å². The van der Waals surface area contributed by atoms with Gasteiger partial charge in [-0.25, -0.2) is 4.98 Å². The third-order valence-corrected chi connectivity index (χ3v) is 4.52. The van der Waals surface area contributed by atoms with Crippen LogP contribution in [0.3, 0.4) is 0 Å². The summed E-state index contributed by atoms with van der Waals surface area (Å²) >= 11 is 12.2. The Balaban J connectivity index is 0.00000121. The molecule has 8 heteroatoms. The van der Waals surface area contributed by atoms with Crippen molar-refractivity contribution in [2.75, 3.05) is 19.6 Å². The van der Waals surface area contributed by atoms with Crippen LogP contribution >= 0.6 is 48.0 Å². The number of hydrogen-bond acceptors (Lipinski definition) is 3. The summed E-state index contributed by atoms with van der Waals surface area (Å²) in [6.07, 6.45) is 4.96. The van der Waals surface area contributed by atoms with E-state index < -0.39 is 0 Å². The molecule has 1 fully saturated rings. The first-order valence-electron chi connectivity index (χ1n) is 6.74. The average Bonchev–Trinajstić information content (AvgIpc) is 2.94. The van der Waals surface area contributed by atoms with Gasteiger partial charge in [-0.05, 0) is 31.0 Å². The lowest BCUT2D eigenvalue weighted by molar-refractivity contribution is 0.272. The fraction of sp³-hybridized carbons (Fsp3) is 0.500. The molecule has 1 aliphatic rings. The van der Waals surface area contributed by atoms with E-state index in [-0.39, 0.29) is 30.2 Å². The molecule has 124 valence electrons. The molecule has 1 aliphatic heterocycles. The van der Waals surface area contributed by atoms with Gasteiger partial charge in [-0.1, -0.05) is 30.1 Å². The Morgan fingerprint density at radius 3 is 2.68 bits per heavy atom. The highest BCUT2D eigenvalue weighted by molar-refractivity contribution is 6.36. The standard InChI is InChI=1S/C14H18Cl2N4.2ClH/c1-14(8-17)2-3-19(9-14)6-11-7-20-5-10(15)4-12(16)13(20)18-11;;/h4-5,7H,2-3,6,8-9,17H2,1H3;2*1H. The molecular weight excluding hydrogens is 366 g/mol. The molecule has 0 saturated carbocycles. The van der Waals surface area contributed by atoms with Crippen LogP contribution in [0.15, 0.2) is 18.5 Å². The van der Waals surface area contributed by atoms with E-state index in [0.717, 1.165) is 43.9 Å². The van der Waals surface area contributed by atoms with Crippen molar-refractivity contribution in [3.8, 4) is 0 Å². The molecule has 1 unspecified atom stereocenters. The first-order chi connectivity index (χ1) is 9.49. The van der Waals surface area contributed by atoms with Crippen molar-refractivity contribution in [2.45, 2.75) is 19.9 Å². The monoisotopic (exact) mass is 384 g/mol. The summed E-state index contributed by atoms with van der Waals surface area (Å²) in [6.45, 7) is 5.89. The van der Waals surface area contributed by atoms with E-state index in [1.807, 2.05) is 16.8 Å². The number of nitrogens with two attached hydrogens (primary N) is 1. The predicted molar refractivity (Wildman–Crippen MR) is 96.8 cm³/mol. The van der Waals surface area contributed by atoms with Crippen molar-refractivity contribution in [3.63, 3.8) is 0 Å². The minimum Gasteiger partial charge on any atom is -0.330 e. The van der Waals surface area contributed by atoms with Gasteiger partial charge in [0.05, 0.1) is 15.7 Å².